The van der Waals surface area contributed by atoms with Gasteiger partial charge in [-0.1, -0.05) is 36.4 Å². The summed E-state index contributed by atoms with van der Waals surface area (Å²) in [6.07, 6.45) is 6.35. The van der Waals surface area contributed by atoms with E-state index in [2.05, 4.69) is 63.9 Å². The fraction of sp³-hybridized carbons (Fsp3) is 0.321. The Balaban J connectivity index is 1.33. The van der Waals surface area contributed by atoms with Crippen molar-refractivity contribution in [2.45, 2.75) is 12.8 Å². The quantitative estimate of drug-likeness (QED) is 0.512. The lowest BCUT2D eigenvalue weighted by molar-refractivity contribution is 0.222. The van der Waals surface area contributed by atoms with Crippen LogP contribution in [-0.2, 0) is 6.42 Å². The van der Waals surface area contributed by atoms with Gasteiger partial charge in [-0.2, -0.15) is 0 Å². The Kier molecular flexibility index (Phi) is 6.77. The van der Waals surface area contributed by atoms with E-state index < -0.39 is 0 Å². The average molecular weight is 458 g/mol. The van der Waals surface area contributed by atoms with Gasteiger partial charge in [0.05, 0.1) is 11.2 Å². The molecule has 1 aromatic heterocycles. The minimum atomic E-state index is -0.185. The number of aryl methyl sites for hydroxylation is 1. The van der Waals surface area contributed by atoms with Gasteiger partial charge in [0.15, 0.2) is 0 Å². The number of fused-ring (bicyclic) bond motifs is 1. The second-order valence-corrected chi connectivity index (χ2v) is 9.04. The Morgan fingerprint density at radius 1 is 1.03 bits per heavy atom. The van der Waals surface area contributed by atoms with E-state index in [1.54, 1.807) is 0 Å². The molecule has 0 radical (unpaired) electrons. The number of benzene rings is 2. The number of halogens is 1. The summed E-state index contributed by atoms with van der Waals surface area (Å²) >= 11 is 0. The van der Waals surface area contributed by atoms with Crippen molar-refractivity contribution in [1.29, 1.82) is 0 Å². The van der Waals surface area contributed by atoms with Gasteiger partial charge >= 0.3 is 0 Å². The van der Waals surface area contributed by atoms with E-state index >= 15 is 0 Å². The molecule has 0 unspecified atom stereocenters. The van der Waals surface area contributed by atoms with E-state index in [9.17, 15) is 4.39 Å². The van der Waals surface area contributed by atoms with Gasteiger partial charge in [-0.15, -0.1) is 0 Å². The smallest absolute Gasteiger partial charge is 0.123 e. The van der Waals surface area contributed by atoms with Crippen LogP contribution in [0.3, 0.4) is 0 Å². The van der Waals surface area contributed by atoms with Crippen LogP contribution in [0.1, 0.15) is 17.7 Å². The average Bonchev–Trinajstić information content (AvgIpc) is 2.88. The molecule has 0 aliphatic carbocycles. The number of anilines is 1. The Morgan fingerprint density at radius 2 is 1.82 bits per heavy atom. The van der Waals surface area contributed by atoms with Crippen molar-refractivity contribution in [1.82, 2.24) is 20.1 Å². The number of nitrogens with zero attached hydrogens (tertiary/aromatic N) is 3. The first-order chi connectivity index (χ1) is 16.7. The number of rotatable bonds is 7. The normalized spacial score (nSPS) is 16.4. The van der Waals surface area contributed by atoms with Crippen LogP contribution in [0.25, 0.3) is 16.5 Å². The predicted molar refractivity (Wildman–Crippen MR) is 138 cm³/mol. The van der Waals surface area contributed by atoms with Crippen LogP contribution in [0.4, 0.5) is 10.1 Å². The summed E-state index contributed by atoms with van der Waals surface area (Å²) in [5.41, 5.74) is 5.51. The zero-order valence-electron chi connectivity index (χ0n) is 19.7. The maximum Gasteiger partial charge on any atom is 0.123 e. The highest BCUT2D eigenvalue weighted by atomic mass is 19.1. The number of nitrogens with one attached hydrogen (secondary N) is 2. The van der Waals surface area contributed by atoms with E-state index in [0.29, 0.717) is 0 Å². The molecule has 3 aromatic rings. The van der Waals surface area contributed by atoms with Gasteiger partial charge in [-0.25, -0.2) is 9.37 Å². The Morgan fingerprint density at radius 3 is 2.62 bits per heavy atom. The molecule has 2 aliphatic heterocycles. The molecule has 0 spiro atoms. The summed E-state index contributed by atoms with van der Waals surface area (Å²) < 4.78 is 13.1. The maximum atomic E-state index is 13.1. The molecule has 6 heteroatoms. The topological polar surface area (TPSA) is 43.4 Å². The molecule has 1 fully saturated rings. The predicted octanol–water partition coefficient (Wildman–Crippen LogP) is 4.49. The van der Waals surface area contributed by atoms with E-state index in [4.69, 9.17) is 4.98 Å². The molecule has 3 heterocycles. The van der Waals surface area contributed by atoms with Gasteiger partial charge in [-0.3, -0.25) is 0 Å². The van der Waals surface area contributed by atoms with Crippen molar-refractivity contribution >= 4 is 22.2 Å². The molecule has 5 rings (SSSR count). The van der Waals surface area contributed by atoms with Crippen LogP contribution in [0, 0.1) is 5.82 Å². The Bertz CT molecular complexity index is 1200. The zero-order chi connectivity index (χ0) is 23.3. The van der Waals surface area contributed by atoms with Crippen molar-refractivity contribution in [3.63, 3.8) is 0 Å². The van der Waals surface area contributed by atoms with E-state index in [0.717, 1.165) is 80.0 Å². The van der Waals surface area contributed by atoms with Crippen LogP contribution in [-0.4, -0.2) is 61.1 Å². The lowest BCUT2D eigenvalue weighted by Crippen LogP contribution is -2.46. The summed E-state index contributed by atoms with van der Waals surface area (Å²) in [5.74, 6) is 1.10. The number of aromatic nitrogens is 1. The van der Waals surface area contributed by atoms with Crippen LogP contribution >= 0.6 is 0 Å². The number of allylic oxidation sites excluding steroid dienone is 2. The summed E-state index contributed by atoms with van der Waals surface area (Å²) in [5, 5.41) is 8.19. The fourth-order valence-electron chi connectivity index (χ4n) is 4.75. The number of para-hydroxylation sites is 1. The number of hydrogen-bond acceptors (Lipinski definition) is 5. The summed E-state index contributed by atoms with van der Waals surface area (Å²) in [6.45, 7) is 5.83. The molecule has 1 saturated heterocycles. The minimum Gasteiger partial charge on any atom is -0.384 e. The molecule has 0 saturated carbocycles. The van der Waals surface area contributed by atoms with Gasteiger partial charge in [0.2, 0.25) is 0 Å². The summed E-state index contributed by atoms with van der Waals surface area (Å²) in [4.78, 5) is 9.77. The third kappa shape index (κ3) is 5.07. The molecular formula is C28H32FN5. The minimum absolute atomic E-state index is 0.185. The zero-order valence-corrected chi connectivity index (χ0v) is 19.7. The summed E-state index contributed by atoms with van der Waals surface area (Å²) in [6, 6.07) is 17.3. The third-order valence-electron chi connectivity index (χ3n) is 6.59. The number of hydrogen-bond donors (Lipinski definition) is 2. The SMILES string of the molecule is CN1CC(c2cc(NCCCc3ccc(F)cc3)c3ccccc3n2)=CC=C1N1CCNCC1. The van der Waals surface area contributed by atoms with Gasteiger partial charge in [-0.05, 0) is 54.3 Å². The molecule has 5 nitrogen and oxygen atoms in total. The van der Waals surface area contributed by atoms with Gasteiger partial charge in [0.25, 0.3) is 0 Å². The second kappa shape index (κ2) is 10.3. The number of piperazine rings is 1. The van der Waals surface area contributed by atoms with Crippen molar-refractivity contribution in [2.24, 2.45) is 0 Å². The lowest BCUT2D eigenvalue weighted by Gasteiger charge is -2.38. The van der Waals surface area contributed by atoms with Crippen LogP contribution in [0.15, 0.2) is 72.6 Å². The van der Waals surface area contributed by atoms with Gasteiger partial charge < -0.3 is 20.4 Å². The fourth-order valence-corrected chi connectivity index (χ4v) is 4.75. The molecule has 2 aliphatic rings. The molecule has 0 bridgehead atoms. The van der Waals surface area contributed by atoms with Crippen molar-refractivity contribution in [3.05, 3.63) is 89.6 Å². The van der Waals surface area contributed by atoms with E-state index in [1.165, 1.54) is 23.5 Å². The largest absolute Gasteiger partial charge is 0.384 e. The molecule has 0 atom stereocenters. The molecule has 2 N–H and O–H groups in total. The van der Waals surface area contributed by atoms with Crippen molar-refractivity contribution in [3.8, 4) is 0 Å². The van der Waals surface area contributed by atoms with Crippen LogP contribution in [0.2, 0.25) is 0 Å². The first-order valence-corrected chi connectivity index (χ1v) is 12.1. The number of likely N-dealkylation sites (N-methyl/N-ethyl adjacent to an activating group) is 1. The molecule has 176 valence electrons. The summed E-state index contributed by atoms with van der Waals surface area (Å²) in [7, 11) is 2.16. The Hall–Kier alpha value is -3.38. The lowest BCUT2D eigenvalue weighted by atomic mass is 10.0. The van der Waals surface area contributed by atoms with E-state index in [1.807, 2.05) is 18.2 Å². The third-order valence-corrected chi connectivity index (χ3v) is 6.59. The molecular weight excluding hydrogens is 425 g/mol. The Labute approximate surface area is 201 Å². The second-order valence-electron chi connectivity index (χ2n) is 9.04. The number of pyridine rings is 1. The van der Waals surface area contributed by atoms with E-state index in [-0.39, 0.29) is 5.82 Å². The first kappa shape index (κ1) is 22.4. The van der Waals surface area contributed by atoms with Gasteiger partial charge in [0.1, 0.15) is 11.6 Å². The van der Waals surface area contributed by atoms with Crippen LogP contribution in [0.5, 0.6) is 0 Å². The monoisotopic (exact) mass is 457 g/mol. The van der Waals surface area contributed by atoms with Crippen molar-refractivity contribution < 1.29 is 4.39 Å². The van der Waals surface area contributed by atoms with Crippen LogP contribution < -0.4 is 10.6 Å². The highest BCUT2D eigenvalue weighted by Gasteiger charge is 2.21. The van der Waals surface area contributed by atoms with Gasteiger partial charge in [0, 0.05) is 57.4 Å². The molecule has 0 amide bonds. The standard InChI is InChI=1S/C28H32FN5/c1-33-20-22(10-13-28(33)34-17-15-30-16-18-34)26-19-27(24-6-2-3-7-25(24)32-26)31-14-4-5-21-8-11-23(29)12-9-21/h2-3,6-13,19,30H,4-5,14-18,20H2,1H3,(H,31,32). The highest BCUT2D eigenvalue weighted by Crippen LogP contribution is 2.29. The highest BCUT2D eigenvalue weighted by molar-refractivity contribution is 5.93. The van der Waals surface area contributed by atoms with Crippen molar-refractivity contribution in [2.75, 3.05) is 51.6 Å². The molecule has 2 aromatic carbocycles. The molecule has 34 heavy (non-hydrogen) atoms. The maximum absolute atomic E-state index is 13.1. The first-order valence-electron chi connectivity index (χ1n) is 12.1.